The third kappa shape index (κ3) is 8.33. The van der Waals surface area contributed by atoms with Crippen LogP contribution in [0, 0.1) is 0 Å². The number of thiophene rings is 1. The molecule has 0 aliphatic carbocycles. The number of likely N-dealkylation sites (tertiary alicyclic amines) is 1. The molecule has 4 aliphatic heterocycles. The second-order valence-corrected chi connectivity index (χ2v) is 14.7. The SMILES string of the molecule is CCc1ccc(C[C@@H](NC(=O)ON2CCC(N3CCc4ccsc4NC3=O)CC2)C(=O)N2CCN(C3CCN(C)CC3)CC2)cc1CC. The summed E-state index contributed by atoms with van der Waals surface area (Å²) in [7, 11) is 2.18. The maximum atomic E-state index is 14.0. The molecule has 1 aromatic carbocycles. The summed E-state index contributed by atoms with van der Waals surface area (Å²) in [5, 5.41) is 10.7. The van der Waals surface area contributed by atoms with E-state index in [1.807, 2.05) is 15.2 Å². The highest BCUT2D eigenvalue weighted by Gasteiger charge is 2.34. The fraction of sp³-hybridized carbons (Fsp3) is 0.639. The highest BCUT2D eigenvalue weighted by Crippen LogP contribution is 2.29. The molecule has 0 bridgehead atoms. The van der Waals surface area contributed by atoms with Crippen LogP contribution in [-0.2, 0) is 35.3 Å². The maximum absolute atomic E-state index is 14.0. The Morgan fingerprint density at radius 3 is 2.33 bits per heavy atom. The van der Waals surface area contributed by atoms with Crippen LogP contribution in [0.1, 0.15) is 61.8 Å². The van der Waals surface area contributed by atoms with E-state index in [9.17, 15) is 14.4 Å². The van der Waals surface area contributed by atoms with Crippen molar-refractivity contribution in [2.24, 2.45) is 0 Å². The molecular weight excluding hydrogens is 627 g/mol. The van der Waals surface area contributed by atoms with E-state index in [1.165, 1.54) is 29.5 Å². The summed E-state index contributed by atoms with van der Waals surface area (Å²) in [6.07, 6.45) is 6.30. The molecule has 262 valence electrons. The molecule has 3 fully saturated rings. The number of anilines is 1. The molecule has 0 spiro atoms. The largest absolute Gasteiger partial charge is 0.426 e. The minimum Gasteiger partial charge on any atom is -0.351 e. The lowest BCUT2D eigenvalue weighted by Crippen LogP contribution is -2.58. The fourth-order valence-electron chi connectivity index (χ4n) is 7.84. The number of amides is 4. The lowest BCUT2D eigenvalue weighted by atomic mass is 9.96. The molecule has 1 aromatic heterocycles. The number of nitrogens with zero attached hydrogens (tertiary/aromatic N) is 5. The van der Waals surface area contributed by atoms with Gasteiger partial charge in [0.1, 0.15) is 6.04 Å². The number of urea groups is 1. The van der Waals surface area contributed by atoms with E-state index < -0.39 is 12.1 Å². The molecule has 1 atom stereocenters. The Labute approximate surface area is 289 Å². The Kier molecular flexibility index (Phi) is 11.6. The number of hydroxylamine groups is 2. The van der Waals surface area contributed by atoms with Crippen LogP contribution in [0.4, 0.5) is 14.6 Å². The van der Waals surface area contributed by atoms with Gasteiger partial charge in [-0.3, -0.25) is 15.0 Å². The van der Waals surface area contributed by atoms with Gasteiger partial charge in [0.05, 0.1) is 5.00 Å². The first kappa shape index (κ1) is 34.7. The van der Waals surface area contributed by atoms with Gasteiger partial charge in [-0.1, -0.05) is 32.0 Å². The zero-order valence-corrected chi connectivity index (χ0v) is 29.7. The molecule has 3 saturated heterocycles. The molecule has 2 N–H and O–H groups in total. The van der Waals surface area contributed by atoms with Gasteiger partial charge in [0.2, 0.25) is 5.91 Å². The first-order chi connectivity index (χ1) is 23.3. The molecule has 0 radical (unpaired) electrons. The standard InChI is InChI=1S/C36H53N7O4S/c1-4-27-7-6-26(24-28(27)5-2)25-32(34(44)41-21-19-40(20-22-41)30-9-14-39(3)15-10-30)37-36(46)47-42-16-11-31(12-17-42)43-18-8-29-13-23-48-33(29)38-35(43)45/h6-7,13,23-24,30-32H,4-5,8-12,14-22,25H2,1-3H3,(H,37,46)(H,38,45)/t32-/m1/s1. The highest BCUT2D eigenvalue weighted by atomic mass is 32.1. The van der Waals surface area contributed by atoms with Crippen LogP contribution >= 0.6 is 11.3 Å². The van der Waals surface area contributed by atoms with E-state index in [-0.39, 0.29) is 18.0 Å². The van der Waals surface area contributed by atoms with Gasteiger partial charge in [-0.25, -0.2) is 9.59 Å². The lowest BCUT2D eigenvalue weighted by Gasteiger charge is -2.42. The number of piperazine rings is 1. The Morgan fingerprint density at radius 1 is 0.917 bits per heavy atom. The van der Waals surface area contributed by atoms with Crippen LogP contribution < -0.4 is 10.6 Å². The second-order valence-electron chi connectivity index (χ2n) is 13.8. The number of benzene rings is 1. The van der Waals surface area contributed by atoms with Gasteiger partial charge in [0, 0.05) is 64.3 Å². The Hall–Kier alpha value is -3.19. The van der Waals surface area contributed by atoms with Crippen molar-refractivity contribution in [1.82, 2.24) is 30.0 Å². The molecule has 6 rings (SSSR count). The number of piperidine rings is 2. The zero-order valence-electron chi connectivity index (χ0n) is 28.9. The summed E-state index contributed by atoms with van der Waals surface area (Å²) >= 11 is 1.56. The number of hydrogen-bond donors (Lipinski definition) is 2. The summed E-state index contributed by atoms with van der Waals surface area (Å²) in [5.74, 6) is -0.0491. The number of hydrogen-bond acceptors (Lipinski definition) is 8. The quantitative estimate of drug-likeness (QED) is 0.410. The number of carbonyl (C=O) groups is 3. The lowest BCUT2D eigenvalue weighted by molar-refractivity contribution is -0.138. The van der Waals surface area contributed by atoms with Gasteiger partial charge in [-0.2, -0.15) is 0 Å². The molecule has 2 aromatic rings. The van der Waals surface area contributed by atoms with Crippen LogP contribution in [0.2, 0.25) is 0 Å². The van der Waals surface area contributed by atoms with Crippen molar-refractivity contribution in [3.8, 4) is 0 Å². The van der Waals surface area contributed by atoms with Crippen molar-refractivity contribution in [1.29, 1.82) is 0 Å². The predicted octanol–water partition coefficient (Wildman–Crippen LogP) is 4.22. The van der Waals surface area contributed by atoms with Gasteiger partial charge in [0.15, 0.2) is 0 Å². The molecule has 0 saturated carbocycles. The van der Waals surface area contributed by atoms with E-state index in [2.05, 4.69) is 65.6 Å². The molecule has 12 heteroatoms. The van der Waals surface area contributed by atoms with Gasteiger partial charge in [-0.15, -0.1) is 16.4 Å². The third-order valence-corrected chi connectivity index (χ3v) is 11.7. The van der Waals surface area contributed by atoms with Crippen molar-refractivity contribution in [3.05, 3.63) is 51.9 Å². The van der Waals surface area contributed by atoms with Crippen molar-refractivity contribution < 1.29 is 19.2 Å². The van der Waals surface area contributed by atoms with Crippen LogP contribution in [0.25, 0.3) is 0 Å². The van der Waals surface area contributed by atoms with E-state index in [0.29, 0.717) is 58.0 Å². The van der Waals surface area contributed by atoms with Crippen LogP contribution in [0.3, 0.4) is 0 Å². The van der Waals surface area contributed by atoms with E-state index >= 15 is 0 Å². The minimum absolute atomic E-state index is 0.0491. The summed E-state index contributed by atoms with van der Waals surface area (Å²) < 4.78 is 0. The average molecular weight is 680 g/mol. The molecule has 0 unspecified atom stereocenters. The Bertz CT molecular complexity index is 1410. The molecule has 4 amide bonds. The summed E-state index contributed by atoms with van der Waals surface area (Å²) in [4.78, 5) is 54.9. The summed E-state index contributed by atoms with van der Waals surface area (Å²) in [5.41, 5.74) is 4.83. The number of nitrogens with one attached hydrogen (secondary N) is 2. The second kappa shape index (κ2) is 16.0. The van der Waals surface area contributed by atoms with Crippen molar-refractivity contribution >= 4 is 34.4 Å². The normalized spacial score (nSPS) is 21.4. The monoisotopic (exact) mass is 679 g/mol. The van der Waals surface area contributed by atoms with E-state index in [1.54, 1.807) is 16.4 Å². The van der Waals surface area contributed by atoms with Gasteiger partial charge in [0.25, 0.3) is 0 Å². The number of rotatable bonds is 9. The molecule has 48 heavy (non-hydrogen) atoms. The van der Waals surface area contributed by atoms with Crippen LogP contribution in [0.15, 0.2) is 29.6 Å². The van der Waals surface area contributed by atoms with Gasteiger partial charge >= 0.3 is 12.1 Å². The number of fused-ring (bicyclic) bond motifs is 1. The Morgan fingerprint density at radius 2 is 1.62 bits per heavy atom. The number of carbonyl (C=O) groups excluding carboxylic acids is 3. The maximum Gasteiger partial charge on any atom is 0.426 e. The number of aryl methyl sites for hydroxylation is 2. The first-order valence-corrected chi connectivity index (χ1v) is 18.9. The Balaban J connectivity index is 1.05. The van der Waals surface area contributed by atoms with Crippen molar-refractivity contribution in [2.75, 3.05) is 71.3 Å². The average Bonchev–Trinajstić information content (AvgIpc) is 3.48. The van der Waals surface area contributed by atoms with Gasteiger partial charge in [-0.05, 0) is 98.8 Å². The molecule has 11 nitrogen and oxygen atoms in total. The predicted molar refractivity (Wildman–Crippen MR) is 189 cm³/mol. The summed E-state index contributed by atoms with van der Waals surface area (Å²) in [6.45, 7) is 11.3. The van der Waals surface area contributed by atoms with E-state index in [4.69, 9.17) is 4.84 Å². The van der Waals surface area contributed by atoms with Crippen LogP contribution in [0.5, 0.6) is 0 Å². The highest BCUT2D eigenvalue weighted by molar-refractivity contribution is 7.14. The van der Waals surface area contributed by atoms with Crippen molar-refractivity contribution in [3.63, 3.8) is 0 Å². The minimum atomic E-state index is -0.718. The van der Waals surface area contributed by atoms with Crippen molar-refractivity contribution in [2.45, 2.75) is 83.3 Å². The molecule has 4 aliphatic rings. The topological polar surface area (TPSA) is 101 Å². The first-order valence-electron chi connectivity index (χ1n) is 18.0. The van der Waals surface area contributed by atoms with Crippen LogP contribution in [-0.4, -0.2) is 127 Å². The summed E-state index contributed by atoms with van der Waals surface area (Å²) in [6, 6.07) is 8.41. The molecular formula is C36H53N7O4S. The van der Waals surface area contributed by atoms with Gasteiger partial charge < -0.3 is 24.9 Å². The fourth-order valence-corrected chi connectivity index (χ4v) is 8.67. The zero-order chi connectivity index (χ0) is 33.6. The van der Waals surface area contributed by atoms with E-state index in [0.717, 1.165) is 56.0 Å². The smallest absolute Gasteiger partial charge is 0.351 e. The third-order valence-electron chi connectivity index (χ3n) is 10.8. The molecule has 5 heterocycles.